The maximum Gasteiger partial charge on any atom is 0.137 e. The molecule has 1 atom stereocenters. The van der Waals surface area contributed by atoms with Gasteiger partial charge in [0.2, 0.25) is 0 Å². The van der Waals surface area contributed by atoms with Crippen LogP contribution < -0.4 is 0 Å². The van der Waals surface area contributed by atoms with Crippen molar-refractivity contribution in [2.75, 3.05) is 0 Å². The highest BCUT2D eigenvalue weighted by molar-refractivity contribution is 9.10. The van der Waals surface area contributed by atoms with Gasteiger partial charge in [-0.3, -0.25) is 0 Å². The van der Waals surface area contributed by atoms with Crippen LogP contribution in [-0.2, 0) is 0 Å². The van der Waals surface area contributed by atoms with Gasteiger partial charge in [-0.05, 0) is 51.9 Å². The summed E-state index contributed by atoms with van der Waals surface area (Å²) in [6.07, 6.45) is 5.11. The van der Waals surface area contributed by atoms with Crippen LogP contribution in [-0.4, -0.2) is 0 Å². The Bertz CT molecular complexity index is 384. The van der Waals surface area contributed by atoms with E-state index in [2.05, 4.69) is 38.8 Å². The van der Waals surface area contributed by atoms with Gasteiger partial charge in [-0.2, -0.15) is 0 Å². The number of hydrogen-bond donors (Lipinski definition) is 0. The lowest BCUT2D eigenvalue weighted by Gasteiger charge is -2.30. The number of halogens is 3. The Morgan fingerprint density at radius 3 is 2.50 bits per heavy atom. The van der Waals surface area contributed by atoms with E-state index in [4.69, 9.17) is 0 Å². The quantitative estimate of drug-likeness (QED) is 0.609. The summed E-state index contributed by atoms with van der Waals surface area (Å²) in [6.45, 7) is 2.32. The highest BCUT2D eigenvalue weighted by Crippen LogP contribution is 2.51. The van der Waals surface area contributed by atoms with Crippen LogP contribution in [0.25, 0.3) is 0 Å². The molecule has 88 valence electrons. The maximum absolute atomic E-state index is 13.2. The van der Waals surface area contributed by atoms with Crippen LogP contribution in [0.5, 0.6) is 0 Å². The molecule has 1 aromatic carbocycles. The third-order valence-electron chi connectivity index (χ3n) is 3.59. The molecule has 1 aliphatic carbocycles. The topological polar surface area (TPSA) is 0 Å². The Kier molecular flexibility index (Phi) is 3.75. The maximum atomic E-state index is 13.2. The molecule has 2 rings (SSSR count). The van der Waals surface area contributed by atoms with Crippen LogP contribution >= 0.6 is 31.9 Å². The van der Waals surface area contributed by atoms with Crippen molar-refractivity contribution in [1.29, 1.82) is 0 Å². The van der Waals surface area contributed by atoms with Crippen molar-refractivity contribution in [3.05, 3.63) is 34.1 Å². The first-order chi connectivity index (χ1) is 7.53. The van der Waals surface area contributed by atoms with Crippen LogP contribution in [0.3, 0.4) is 0 Å². The Labute approximate surface area is 113 Å². The van der Waals surface area contributed by atoms with Crippen LogP contribution in [0.1, 0.15) is 43.0 Å². The molecule has 0 N–H and O–H groups in total. The smallest absolute Gasteiger partial charge is 0.137 e. The first-order valence-electron chi connectivity index (χ1n) is 5.62. The van der Waals surface area contributed by atoms with Gasteiger partial charge in [-0.15, -0.1) is 0 Å². The molecule has 0 aliphatic heterocycles. The van der Waals surface area contributed by atoms with Gasteiger partial charge in [0, 0.05) is 4.83 Å². The first-order valence-corrected chi connectivity index (χ1v) is 7.33. The predicted molar refractivity (Wildman–Crippen MR) is 72.3 cm³/mol. The van der Waals surface area contributed by atoms with Gasteiger partial charge < -0.3 is 0 Å². The molecule has 3 heteroatoms. The van der Waals surface area contributed by atoms with E-state index in [1.807, 2.05) is 12.1 Å². The average Bonchev–Trinajstić information content (AvgIpc) is 2.70. The summed E-state index contributed by atoms with van der Waals surface area (Å²) in [5, 5.41) is 0. The first kappa shape index (κ1) is 12.6. The second-order valence-electron chi connectivity index (χ2n) is 4.90. The van der Waals surface area contributed by atoms with E-state index in [1.165, 1.54) is 31.7 Å². The fourth-order valence-corrected chi connectivity index (χ4v) is 3.65. The largest absolute Gasteiger partial charge is 0.206 e. The minimum absolute atomic E-state index is 0.194. The van der Waals surface area contributed by atoms with E-state index in [0.29, 0.717) is 14.7 Å². The zero-order valence-electron chi connectivity index (χ0n) is 9.27. The molecule has 1 aliphatic rings. The van der Waals surface area contributed by atoms with E-state index in [1.54, 1.807) is 0 Å². The number of hydrogen-bond acceptors (Lipinski definition) is 0. The van der Waals surface area contributed by atoms with Crippen molar-refractivity contribution < 1.29 is 4.39 Å². The Morgan fingerprint density at radius 2 is 1.94 bits per heavy atom. The van der Waals surface area contributed by atoms with Crippen molar-refractivity contribution in [3.63, 3.8) is 0 Å². The summed E-state index contributed by atoms with van der Waals surface area (Å²) in [5.41, 5.74) is 1.48. The highest BCUT2D eigenvalue weighted by atomic mass is 79.9. The van der Waals surface area contributed by atoms with Gasteiger partial charge in [0.25, 0.3) is 0 Å². The van der Waals surface area contributed by atoms with Crippen molar-refractivity contribution in [3.8, 4) is 0 Å². The molecule has 0 nitrogen and oxygen atoms in total. The van der Waals surface area contributed by atoms with E-state index in [0.717, 1.165) is 5.56 Å². The molecule has 0 spiro atoms. The monoisotopic (exact) mass is 348 g/mol. The van der Waals surface area contributed by atoms with Crippen molar-refractivity contribution in [2.45, 2.75) is 37.4 Å². The molecule has 16 heavy (non-hydrogen) atoms. The SMILES string of the molecule is CC1(C(Br)c2ccc(F)c(Br)c2)CCCC1. The molecule has 0 saturated heterocycles. The zero-order valence-corrected chi connectivity index (χ0v) is 12.4. The minimum atomic E-state index is -0.194. The van der Waals surface area contributed by atoms with Gasteiger partial charge in [0.15, 0.2) is 0 Å². The summed E-state index contributed by atoms with van der Waals surface area (Å²) < 4.78 is 13.7. The molecule has 0 bridgehead atoms. The molecular weight excluding hydrogens is 335 g/mol. The molecule has 1 fully saturated rings. The normalized spacial score (nSPS) is 21.0. The van der Waals surface area contributed by atoms with E-state index < -0.39 is 0 Å². The van der Waals surface area contributed by atoms with Crippen LogP contribution in [0.2, 0.25) is 0 Å². The zero-order chi connectivity index (χ0) is 11.8. The summed E-state index contributed by atoms with van der Waals surface area (Å²) in [5.74, 6) is -0.194. The van der Waals surface area contributed by atoms with Crippen molar-refractivity contribution in [2.24, 2.45) is 5.41 Å². The number of rotatable bonds is 2. The van der Waals surface area contributed by atoms with Gasteiger partial charge >= 0.3 is 0 Å². The van der Waals surface area contributed by atoms with Gasteiger partial charge in [0.05, 0.1) is 4.47 Å². The van der Waals surface area contributed by atoms with Gasteiger partial charge in [-0.25, -0.2) is 4.39 Å². The second kappa shape index (κ2) is 4.77. The van der Waals surface area contributed by atoms with Crippen molar-refractivity contribution >= 4 is 31.9 Å². The van der Waals surface area contributed by atoms with E-state index >= 15 is 0 Å². The Morgan fingerprint density at radius 1 is 1.31 bits per heavy atom. The standard InChI is InChI=1S/C13H15Br2F/c1-13(6-2-3-7-13)12(15)9-4-5-11(16)10(14)8-9/h4-5,8,12H,2-3,6-7H2,1H3. The molecule has 0 aromatic heterocycles. The van der Waals surface area contributed by atoms with Crippen LogP contribution in [0.4, 0.5) is 4.39 Å². The lowest BCUT2D eigenvalue weighted by atomic mass is 9.82. The fraction of sp³-hybridized carbons (Fsp3) is 0.538. The molecule has 0 radical (unpaired) electrons. The fourth-order valence-electron chi connectivity index (χ4n) is 2.51. The predicted octanol–water partition coefficient (Wildman–Crippen LogP) is 5.60. The molecule has 0 heterocycles. The van der Waals surface area contributed by atoms with Gasteiger partial charge in [0.1, 0.15) is 5.82 Å². The Hall–Kier alpha value is 0.110. The molecule has 1 saturated carbocycles. The third kappa shape index (κ3) is 2.35. The molecule has 1 aromatic rings. The van der Waals surface area contributed by atoms with E-state index in [-0.39, 0.29) is 5.82 Å². The lowest BCUT2D eigenvalue weighted by Crippen LogP contribution is -2.17. The minimum Gasteiger partial charge on any atom is -0.206 e. The molecular formula is C13H15Br2F. The second-order valence-corrected chi connectivity index (χ2v) is 6.67. The van der Waals surface area contributed by atoms with Crippen LogP contribution in [0.15, 0.2) is 22.7 Å². The lowest BCUT2D eigenvalue weighted by molar-refractivity contribution is 0.331. The molecule has 0 amide bonds. The van der Waals surface area contributed by atoms with E-state index in [9.17, 15) is 4.39 Å². The van der Waals surface area contributed by atoms with Crippen molar-refractivity contribution in [1.82, 2.24) is 0 Å². The number of benzene rings is 1. The third-order valence-corrected chi connectivity index (χ3v) is 5.84. The summed E-state index contributed by atoms with van der Waals surface area (Å²) >= 11 is 7.03. The summed E-state index contributed by atoms with van der Waals surface area (Å²) in [4.78, 5) is 0.319. The highest BCUT2D eigenvalue weighted by Gasteiger charge is 2.36. The summed E-state index contributed by atoms with van der Waals surface area (Å²) in [6, 6.07) is 5.30. The summed E-state index contributed by atoms with van der Waals surface area (Å²) in [7, 11) is 0. The van der Waals surface area contributed by atoms with Gasteiger partial charge in [-0.1, -0.05) is 41.8 Å². The van der Waals surface area contributed by atoms with Crippen LogP contribution in [0, 0.1) is 11.2 Å². The number of alkyl halides is 1. The average molecular weight is 350 g/mol. The Balaban J connectivity index is 2.26. The molecule has 1 unspecified atom stereocenters.